The van der Waals surface area contributed by atoms with E-state index in [4.69, 9.17) is 10.5 Å². The number of hydrogen-bond donors (Lipinski definition) is 2. The minimum absolute atomic E-state index is 0.0619. The average Bonchev–Trinajstić information content (AvgIpc) is 2.45. The molecule has 0 radical (unpaired) electrons. The van der Waals surface area contributed by atoms with Gasteiger partial charge in [-0.1, -0.05) is 38.0 Å². The second-order valence-corrected chi connectivity index (χ2v) is 4.55. The van der Waals surface area contributed by atoms with Crippen molar-refractivity contribution in [2.75, 3.05) is 13.2 Å². The summed E-state index contributed by atoms with van der Waals surface area (Å²) in [5.41, 5.74) is 5.77. The number of amides is 1. The summed E-state index contributed by atoms with van der Waals surface area (Å²) < 4.78 is 5.53. The molecule has 1 aromatic carbocycles. The van der Waals surface area contributed by atoms with Crippen LogP contribution in [0.4, 0.5) is 0 Å². The number of rotatable bonds is 9. The molecule has 1 rings (SSSR count). The summed E-state index contributed by atoms with van der Waals surface area (Å²) in [5, 5.41) is 2.83. The first-order valence-corrected chi connectivity index (χ1v) is 6.95. The highest BCUT2D eigenvalue weighted by Gasteiger charge is 2.11. The van der Waals surface area contributed by atoms with E-state index in [1.807, 2.05) is 30.3 Å². The highest BCUT2D eigenvalue weighted by Crippen LogP contribution is 2.08. The maximum atomic E-state index is 11.6. The molecule has 0 aliphatic carbocycles. The molecule has 4 nitrogen and oxygen atoms in total. The van der Waals surface area contributed by atoms with Gasteiger partial charge in [0.25, 0.3) is 0 Å². The lowest BCUT2D eigenvalue weighted by atomic mass is 10.1. The average molecular weight is 264 g/mol. The molecule has 3 N–H and O–H groups in total. The van der Waals surface area contributed by atoms with E-state index in [9.17, 15) is 4.79 Å². The zero-order valence-corrected chi connectivity index (χ0v) is 11.6. The number of unbranched alkanes of at least 4 members (excludes halogenated alkanes) is 1. The van der Waals surface area contributed by atoms with E-state index in [1.165, 1.54) is 0 Å². The van der Waals surface area contributed by atoms with Crippen molar-refractivity contribution >= 4 is 5.91 Å². The molecule has 0 aliphatic rings. The zero-order chi connectivity index (χ0) is 13.9. The van der Waals surface area contributed by atoms with Gasteiger partial charge >= 0.3 is 0 Å². The standard InChI is InChI=1S/C15H24N2O2/c1-2-3-10-14(16)15(18)17-11-7-12-19-13-8-5-4-6-9-13/h4-6,8-9,14H,2-3,7,10-12,16H2,1H3,(H,17,18). The summed E-state index contributed by atoms with van der Waals surface area (Å²) in [6, 6.07) is 9.27. The first-order chi connectivity index (χ1) is 9.24. The molecule has 0 heterocycles. The van der Waals surface area contributed by atoms with Gasteiger partial charge < -0.3 is 15.8 Å². The minimum Gasteiger partial charge on any atom is -0.494 e. The molecule has 0 saturated heterocycles. The molecule has 19 heavy (non-hydrogen) atoms. The lowest BCUT2D eigenvalue weighted by Crippen LogP contribution is -2.41. The van der Waals surface area contributed by atoms with Crippen molar-refractivity contribution in [3.8, 4) is 5.75 Å². The Morgan fingerprint density at radius 3 is 2.74 bits per heavy atom. The summed E-state index contributed by atoms with van der Waals surface area (Å²) >= 11 is 0. The van der Waals surface area contributed by atoms with Gasteiger partial charge in [0.2, 0.25) is 5.91 Å². The van der Waals surface area contributed by atoms with Gasteiger partial charge in [0.15, 0.2) is 0 Å². The van der Waals surface area contributed by atoms with E-state index < -0.39 is 0 Å². The zero-order valence-electron chi connectivity index (χ0n) is 11.6. The SMILES string of the molecule is CCCCC(N)C(=O)NCCCOc1ccccc1. The van der Waals surface area contributed by atoms with E-state index in [-0.39, 0.29) is 11.9 Å². The first-order valence-electron chi connectivity index (χ1n) is 6.95. The van der Waals surface area contributed by atoms with Crippen molar-refractivity contribution in [3.63, 3.8) is 0 Å². The summed E-state index contributed by atoms with van der Waals surface area (Å²) in [5.74, 6) is 0.793. The van der Waals surface area contributed by atoms with Crippen LogP contribution >= 0.6 is 0 Å². The smallest absolute Gasteiger partial charge is 0.236 e. The van der Waals surface area contributed by atoms with E-state index in [0.717, 1.165) is 31.4 Å². The number of benzene rings is 1. The number of ether oxygens (including phenoxy) is 1. The number of hydrogen-bond acceptors (Lipinski definition) is 3. The highest BCUT2D eigenvalue weighted by molar-refractivity contribution is 5.81. The van der Waals surface area contributed by atoms with Crippen LogP contribution in [0.5, 0.6) is 5.75 Å². The van der Waals surface area contributed by atoms with Crippen LogP contribution in [0, 0.1) is 0 Å². The Balaban J connectivity index is 2.05. The van der Waals surface area contributed by atoms with Crippen molar-refractivity contribution < 1.29 is 9.53 Å². The highest BCUT2D eigenvalue weighted by atomic mass is 16.5. The number of nitrogens with two attached hydrogens (primary N) is 1. The number of nitrogens with one attached hydrogen (secondary N) is 1. The third-order valence-corrected chi connectivity index (χ3v) is 2.84. The quantitative estimate of drug-likeness (QED) is 0.671. The second kappa shape index (κ2) is 9.39. The van der Waals surface area contributed by atoms with Gasteiger partial charge in [-0.25, -0.2) is 0 Å². The minimum atomic E-state index is -0.380. The van der Waals surface area contributed by atoms with Gasteiger partial charge in [-0.3, -0.25) is 4.79 Å². The number of para-hydroxylation sites is 1. The maximum Gasteiger partial charge on any atom is 0.236 e. The normalized spacial score (nSPS) is 11.9. The Hall–Kier alpha value is -1.55. The van der Waals surface area contributed by atoms with Crippen LogP contribution in [0.15, 0.2) is 30.3 Å². The van der Waals surface area contributed by atoms with Crippen LogP contribution in [-0.2, 0) is 4.79 Å². The largest absolute Gasteiger partial charge is 0.494 e. The van der Waals surface area contributed by atoms with Crippen molar-refractivity contribution in [1.29, 1.82) is 0 Å². The molecule has 0 bridgehead atoms. The van der Waals surface area contributed by atoms with Gasteiger partial charge in [0, 0.05) is 6.54 Å². The number of carbonyl (C=O) groups excluding carboxylic acids is 1. The molecule has 106 valence electrons. The van der Waals surface area contributed by atoms with Gasteiger partial charge in [-0.05, 0) is 25.0 Å². The van der Waals surface area contributed by atoms with Crippen LogP contribution < -0.4 is 15.8 Å². The van der Waals surface area contributed by atoms with Crippen LogP contribution in [0.1, 0.15) is 32.6 Å². The van der Waals surface area contributed by atoms with Gasteiger partial charge in [0.1, 0.15) is 5.75 Å². The summed E-state index contributed by atoms with van der Waals surface area (Å²) in [4.78, 5) is 11.6. The summed E-state index contributed by atoms with van der Waals surface area (Å²) in [6.45, 7) is 3.28. The Morgan fingerprint density at radius 2 is 2.05 bits per heavy atom. The van der Waals surface area contributed by atoms with Crippen LogP contribution in [-0.4, -0.2) is 25.1 Å². The van der Waals surface area contributed by atoms with E-state index in [2.05, 4.69) is 12.2 Å². The molecule has 1 atom stereocenters. The predicted molar refractivity (Wildman–Crippen MR) is 77.1 cm³/mol. The molecule has 4 heteroatoms. The third-order valence-electron chi connectivity index (χ3n) is 2.84. The predicted octanol–water partition coefficient (Wildman–Crippen LogP) is 2.09. The van der Waals surface area contributed by atoms with E-state index >= 15 is 0 Å². The topological polar surface area (TPSA) is 64.4 Å². The molecular formula is C15H24N2O2. The number of carbonyl (C=O) groups is 1. The van der Waals surface area contributed by atoms with Crippen molar-refractivity contribution in [2.45, 2.75) is 38.6 Å². The molecule has 0 spiro atoms. The van der Waals surface area contributed by atoms with Gasteiger partial charge in [-0.2, -0.15) is 0 Å². The fraction of sp³-hybridized carbons (Fsp3) is 0.533. The Morgan fingerprint density at radius 1 is 1.32 bits per heavy atom. The maximum absolute atomic E-state index is 11.6. The van der Waals surface area contributed by atoms with Crippen LogP contribution in [0.3, 0.4) is 0 Å². The lowest BCUT2D eigenvalue weighted by Gasteiger charge is -2.12. The Kier molecular flexibility index (Phi) is 7.66. The molecule has 1 amide bonds. The fourth-order valence-electron chi connectivity index (χ4n) is 1.68. The van der Waals surface area contributed by atoms with E-state index in [1.54, 1.807) is 0 Å². The van der Waals surface area contributed by atoms with Crippen molar-refractivity contribution in [3.05, 3.63) is 30.3 Å². The van der Waals surface area contributed by atoms with Gasteiger partial charge in [0.05, 0.1) is 12.6 Å². The van der Waals surface area contributed by atoms with Crippen LogP contribution in [0.25, 0.3) is 0 Å². The van der Waals surface area contributed by atoms with Crippen molar-refractivity contribution in [2.24, 2.45) is 5.73 Å². The molecule has 0 aromatic heterocycles. The Labute approximate surface area is 115 Å². The fourth-order valence-corrected chi connectivity index (χ4v) is 1.68. The summed E-state index contributed by atoms with van der Waals surface area (Å²) in [7, 11) is 0. The van der Waals surface area contributed by atoms with E-state index in [0.29, 0.717) is 13.2 Å². The molecule has 0 fully saturated rings. The second-order valence-electron chi connectivity index (χ2n) is 4.55. The molecular weight excluding hydrogens is 240 g/mol. The molecule has 1 aromatic rings. The Bertz CT molecular complexity index is 354. The lowest BCUT2D eigenvalue weighted by molar-refractivity contribution is -0.122. The molecule has 0 aliphatic heterocycles. The monoisotopic (exact) mass is 264 g/mol. The molecule has 1 unspecified atom stereocenters. The van der Waals surface area contributed by atoms with Gasteiger partial charge in [-0.15, -0.1) is 0 Å². The third kappa shape index (κ3) is 6.82. The molecule has 0 saturated carbocycles. The van der Waals surface area contributed by atoms with Crippen molar-refractivity contribution in [1.82, 2.24) is 5.32 Å². The first kappa shape index (κ1) is 15.5. The summed E-state index contributed by atoms with van der Waals surface area (Å²) in [6.07, 6.45) is 3.58. The van der Waals surface area contributed by atoms with Crippen LogP contribution in [0.2, 0.25) is 0 Å².